The monoisotopic (exact) mass is 292 g/mol. The Hall–Kier alpha value is -1.39. The van der Waals surface area contributed by atoms with E-state index in [1.807, 2.05) is 25.1 Å². The highest BCUT2D eigenvalue weighted by Gasteiger charge is 2.20. The number of benzene rings is 1. The third-order valence-electron chi connectivity index (χ3n) is 3.56. The molecule has 2 atom stereocenters. The van der Waals surface area contributed by atoms with Gasteiger partial charge in [-0.1, -0.05) is 44.2 Å². The zero-order valence-corrected chi connectivity index (χ0v) is 13.3. The van der Waals surface area contributed by atoms with E-state index in [9.17, 15) is 4.79 Å². The third-order valence-corrected chi connectivity index (χ3v) is 3.56. The molecular weight excluding hydrogens is 264 g/mol. The van der Waals surface area contributed by atoms with Crippen molar-refractivity contribution in [3.05, 3.63) is 35.9 Å². The lowest BCUT2D eigenvalue weighted by Gasteiger charge is -2.24. The van der Waals surface area contributed by atoms with Gasteiger partial charge in [0.25, 0.3) is 0 Å². The number of nitrogens with two attached hydrogens (primary N) is 1. The molecule has 0 fully saturated rings. The smallest absolute Gasteiger partial charge is 0.237 e. The van der Waals surface area contributed by atoms with Crippen molar-refractivity contribution in [3.63, 3.8) is 0 Å². The van der Waals surface area contributed by atoms with Crippen LogP contribution in [-0.4, -0.2) is 31.2 Å². The maximum Gasteiger partial charge on any atom is 0.237 e. The van der Waals surface area contributed by atoms with Crippen LogP contribution in [0, 0.1) is 5.92 Å². The molecule has 0 saturated carbocycles. The summed E-state index contributed by atoms with van der Waals surface area (Å²) in [6.45, 7) is 7.27. The number of aryl methyl sites for hydroxylation is 1. The summed E-state index contributed by atoms with van der Waals surface area (Å²) in [6, 6.07) is 9.62. The van der Waals surface area contributed by atoms with E-state index in [-0.39, 0.29) is 11.9 Å². The normalized spacial score (nSPS) is 14.0. The van der Waals surface area contributed by atoms with Gasteiger partial charge in [-0.3, -0.25) is 4.79 Å². The molecule has 1 rings (SSSR count). The lowest BCUT2D eigenvalue weighted by Crippen LogP contribution is -2.49. The highest BCUT2D eigenvalue weighted by Crippen LogP contribution is 2.06. The Kier molecular flexibility index (Phi) is 8.01. The van der Waals surface area contributed by atoms with Crippen LogP contribution in [0.25, 0.3) is 0 Å². The Morgan fingerprint density at radius 2 is 1.95 bits per heavy atom. The Bertz CT molecular complexity index is 407. The Morgan fingerprint density at radius 3 is 2.52 bits per heavy atom. The van der Waals surface area contributed by atoms with Gasteiger partial charge in [-0.05, 0) is 31.2 Å². The second kappa shape index (κ2) is 9.53. The number of ether oxygens (including phenoxy) is 1. The molecule has 0 aliphatic rings. The standard InChI is InChI=1S/C17H28N2O2/c1-4-21-12-16(13(2)3)19-17(20)15(18)11-10-14-8-6-5-7-9-14/h5-9,13,15-16H,4,10-12,18H2,1-3H3,(H,19,20). The average molecular weight is 292 g/mol. The van der Waals surface area contributed by atoms with E-state index in [1.165, 1.54) is 5.56 Å². The fourth-order valence-corrected chi connectivity index (χ4v) is 2.03. The largest absolute Gasteiger partial charge is 0.380 e. The first kappa shape index (κ1) is 17.7. The van der Waals surface area contributed by atoms with Gasteiger partial charge in [0.05, 0.1) is 18.7 Å². The van der Waals surface area contributed by atoms with Gasteiger partial charge >= 0.3 is 0 Å². The van der Waals surface area contributed by atoms with Gasteiger partial charge in [0.2, 0.25) is 5.91 Å². The molecule has 4 heteroatoms. The van der Waals surface area contributed by atoms with Crippen molar-refractivity contribution in [2.45, 2.75) is 45.7 Å². The molecule has 1 aromatic carbocycles. The summed E-state index contributed by atoms with van der Waals surface area (Å²) >= 11 is 0. The van der Waals surface area contributed by atoms with Crippen molar-refractivity contribution >= 4 is 5.91 Å². The predicted molar refractivity (Wildman–Crippen MR) is 86.0 cm³/mol. The maximum absolute atomic E-state index is 12.2. The first-order chi connectivity index (χ1) is 10.0. The molecule has 0 heterocycles. The van der Waals surface area contributed by atoms with E-state index < -0.39 is 6.04 Å². The molecule has 0 spiro atoms. The molecule has 2 unspecified atom stereocenters. The van der Waals surface area contributed by atoms with Gasteiger partial charge in [-0.2, -0.15) is 0 Å². The lowest BCUT2D eigenvalue weighted by molar-refractivity contribution is -0.124. The van der Waals surface area contributed by atoms with E-state index >= 15 is 0 Å². The topological polar surface area (TPSA) is 64.3 Å². The summed E-state index contributed by atoms with van der Waals surface area (Å²) in [6.07, 6.45) is 1.46. The Labute approximate surface area is 128 Å². The van der Waals surface area contributed by atoms with Crippen LogP contribution in [0.5, 0.6) is 0 Å². The zero-order chi connectivity index (χ0) is 15.7. The SMILES string of the molecule is CCOCC(NC(=O)C(N)CCc1ccccc1)C(C)C. The highest BCUT2D eigenvalue weighted by atomic mass is 16.5. The van der Waals surface area contributed by atoms with Crippen LogP contribution >= 0.6 is 0 Å². The average Bonchev–Trinajstić information content (AvgIpc) is 2.49. The number of hydrogen-bond donors (Lipinski definition) is 2. The quantitative estimate of drug-likeness (QED) is 0.733. The van der Waals surface area contributed by atoms with Crippen molar-refractivity contribution in [1.82, 2.24) is 5.32 Å². The number of carbonyl (C=O) groups excluding carboxylic acids is 1. The first-order valence-corrected chi connectivity index (χ1v) is 7.72. The molecule has 1 amide bonds. The first-order valence-electron chi connectivity index (χ1n) is 7.72. The number of carbonyl (C=O) groups is 1. The minimum Gasteiger partial charge on any atom is -0.380 e. The molecule has 4 nitrogen and oxygen atoms in total. The van der Waals surface area contributed by atoms with Gasteiger partial charge in [-0.15, -0.1) is 0 Å². The summed E-state index contributed by atoms with van der Waals surface area (Å²) in [7, 11) is 0. The Balaban J connectivity index is 2.41. The fourth-order valence-electron chi connectivity index (χ4n) is 2.03. The number of nitrogens with one attached hydrogen (secondary N) is 1. The summed E-state index contributed by atoms with van der Waals surface area (Å²) in [5.41, 5.74) is 7.19. The van der Waals surface area contributed by atoms with E-state index in [2.05, 4.69) is 31.3 Å². The molecule has 0 aromatic heterocycles. The summed E-state index contributed by atoms with van der Waals surface area (Å²) in [5.74, 6) is 0.228. The van der Waals surface area contributed by atoms with Crippen LogP contribution in [0.4, 0.5) is 0 Å². The molecule has 0 radical (unpaired) electrons. The molecule has 0 aliphatic carbocycles. The third kappa shape index (κ3) is 6.74. The molecule has 21 heavy (non-hydrogen) atoms. The molecule has 0 aliphatic heterocycles. The second-order valence-electron chi connectivity index (χ2n) is 5.65. The van der Waals surface area contributed by atoms with E-state index in [0.29, 0.717) is 25.6 Å². The zero-order valence-electron chi connectivity index (χ0n) is 13.3. The van der Waals surface area contributed by atoms with Gasteiger partial charge in [0.15, 0.2) is 0 Å². The van der Waals surface area contributed by atoms with Crippen molar-refractivity contribution in [2.75, 3.05) is 13.2 Å². The van der Waals surface area contributed by atoms with Gasteiger partial charge in [0, 0.05) is 6.61 Å². The predicted octanol–water partition coefficient (Wildman–Crippen LogP) is 2.12. The lowest BCUT2D eigenvalue weighted by atomic mass is 10.0. The number of rotatable bonds is 9. The number of amides is 1. The minimum absolute atomic E-state index is 0.0141. The van der Waals surface area contributed by atoms with Crippen molar-refractivity contribution in [2.24, 2.45) is 11.7 Å². The van der Waals surface area contributed by atoms with Crippen LogP contribution in [-0.2, 0) is 16.0 Å². The maximum atomic E-state index is 12.2. The fraction of sp³-hybridized carbons (Fsp3) is 0.588. The summed E-state index contributed by atoms with van der Waals surface area (Å²) in [5, 5.41) is 3.00. The van der Waals surface area contributed by atoms with Crippen LogP contribution in [0.15, 0.2) is 30.3 Å². The van der Waals surface area contributed by atoms with Gasteiger partial charge in [0.1, 0.15) is 0 Å². The van der Waals surface area contributed by atoms with Crippen LogP contribution in [0.3, 0.4) is 0 Å². The van der Waals surface area contributed by atoms with Crippen molar-refractivity contribution < 1.29 is 9.53 Å². The molecule has 0 saturated heterocycles. The van der Waals surface area contributed by atoms with Crippen molar-refractivity contribution in [3.8, 4) is 0 Å². The molecule has 1 aromatic rings. The van der Waals surface area contributed by atoms with Crippen LogP contribution in [0.2, 0.25) is 0 Å². The van der Waals surface area contributed by atoms with E-state index in [4.69, 9.17) is 10.5 Å². The number of hydrogen-bond acceptors (Lipinski definition) is 3. The van der Waals surface area contributed by atoms with Crippen LogP contribution in [0.1, 0.15) is 32.8 Å². The second-order valence-corrected chi connectivity index (χ2v) is 5.65. The van der Waals surface area contributed by atoms with Gasteiger partial charge < -0.3 is 15.8 Å². The highest BCUT2D eigenvalue weighted by molar-refractivity contribution is 5.81. The summed E-state index contributed by atoms with van der Waals surface area (Å²) in [4.78, 5) is 12.2. The Morgan fingerprint density at radius 1 is 1.29 bits per heavy atom. The molecule has 118 valence electrons. The summed E-state index contributed by atoms with van der Waals surface area (Å²) < 4.78 is 5.41. The minimum atomic E-state index is -0.479. The van der Waals surface area contributed by atoms with E-state index in [0.717, 1.165) is 6.42 Å². The van der Waals surface area contributed by atoms with E-state index in [1.54, 1.807) is 0 Å². The molecule has 3 N–H and O–H groups in total. The van der Waals surface area contributed by atoms with Gasteiger partial charge in [-0.25, -0.2) is 0 Å². The molecular formula is C17H28N2O2. The van der Waals surface area contributed by atoms with Crippen LogP contribution < -0.4 is 11.1 Å². The van der Waals surface area contributed by atoms with Crippen molar-refractivity contribution in [1.29, 1.82) is 0 Å². The molecule has 0 bridgehead atoms.